The standard InChI is InChI=1S/C15H14N2O2.H2O/c1-19-14-9-7-12(8-10-14)11-16-17-15(18)13-5-3-2-4-6-13;/h2-11H,1H3,(H,17,18);1H2/b16-11+;. The molecule has 0 radical (unpaired) electrons. The smallest absolute Gasteiger partial charge is 0.271 e. The van der Waals surface area contributed by atoms with Crippen LogP contribution in [-0.4, -0.2) is 24.7 Å². The second kappa shape index (κ2) is 7.70. The van der Waals surface area contributed by atoms with Crippen LogP contribution in [0.5, 0.6) is 5.75 Å². The fourth-order valence-corrected chi connectivity index (χ4v) is 1.51. The number of carbonyl (C=O) groups is 1. The molecule has 5 nitrogen and oxygen atoms in total. The van der Waals surface area contributed by atoms with Gasteiger partial charge in [0, 0.05) is 5.56 Å². The minimum absolute atomic E-state index is 0. The molecule has 0 unspecified atom stereocenters. The molecule has 0 spiro atoms. The largest absolute Gasteiger partial charge is 0.497 e. The van der Waals surface area contributed by atoms with Gasteiger partial charge in [-0.2, -0.15) is 5.10 Å². The van der Waals surface area contributed by atoms with Crippen LogP contribution in [0, 0.1) is 0 Å². The Labute approximate surface area is 117 Å². The second-order valence-corrected chi connectivity index (χ2v) is 3.84. The van der Waals surface area contributed by atoms with Crippen LogP contribution in [0.2, 0.25) is 0 Å². The van der Waals surface area contributed by atoms with Crippen LogP contribution < -0.4 is 10.2 Å². The van der Waals surface area contributed by atoms with Crippen LogP contribution in [0.15, 0.2) is 59.7 Å². The van der Waals surface area contributed by atoms with E-state index in [4.69, 9.17) is 4.74 Å². The number of nitrogens with zero attached hydrogens (tertiary/aromatic N) is 1. The molecule has 2 aromatic rings. The maximum atomic E-state index is 11.7. The number of ether oxygens (including phenoxy) is 1. The van der Waals surface area contributed by atoms with Gasteiger partial charge in [0.05, 0.1) is 13.3 Å². The Balaban J connectivity index is 0.00000200. The minimum Gasteiger partial charge on any atom is -0.497 e. The molecule has 0 aromatic heterocycles. The molecule has 0 atom stereocenters. The molecule has 0 fully saturated rings. The molecule has 0 bridgehead atoms. The number of hydrogen-bond acceptors (Lipinski definition) is 3. The van der Waals surface area contributed by atoms with Crippen molar-refractivity contribution in [3.8, 4) is 5.75 Å². The zero-order valence-corrected chi connectivity index (χ0v) is 11.0. The van der Waals surface area contributed by atoms with Crippen molar-refractivity contribution in [3.05, 3.63) is 65.7 Å². The lowest BCUT2D eigenvalue weighted by Crippen LogP contribution is -2.17. The van der Waals surface area contributed by atoms with Gasteiger partial charge in [-0.15, -0.1) is 0 Å². The highest BCUT2D eigenvalue weighted by atomic mass is 16.5. The van der Waals surface area contributed by atoms with E-state index in [1.807, 2.05) is 42.5 Å². The van der Waals surface area contributed by atoms with Gasteiger partial charge in [0.25, 0.3) is 5.91 Å². The molecule has 0 aliphatic carbocycles. The van der Waals surface area contributed by atoms with E-state index in [-0.39, 0.29) is 11.4 Å². The highest BCUT2D eigenvalue weighted by Crippen LogP contribution is 2.09. The topological polar surface area (TPSA) is 82.2 Å². The van der Waals surface area contributed by atoms with Gasteiger partial charge >= 0.3 is 0 Å². The first-order valence-electron chi connectivity index (χ1n) is 5.82. The third-order valence-corrected chi connectivity index (χ3v) is 2.53. The number of methoxy groups -OCH3 is 1. The summed E-state index contributed by atoms with van der Waals surface area (Å²) in [6.45, 7) is 0. The number of benzene rings is 2. The molecule has 5 heteroatoms. The third kappa shape index (κ3) is 4.22. The summed E-state index contributed by atoms with van der Waals surface area (Å²) in [6.07, 6.45) is 1.58. The van der Waals surface area contributed by atoms with Gasteiger partial charge in [-0.3, -0.25) is 4.79 Å². The zero-order valence-electron chi connectivity index (χ0n) is 11.0. The Bertz CT molecular complexity index is 565. The number of rotatable bonds is 4. The van der Waals surface area contributed by atoms with Gasteiger partial charge in [0.15, 0.2) is 0 Å². The minimum atomic E-state index is -0.231. The molecule has 104 valence electrons. The first kappa shape index (κ1) is 15.4. The molecule has 2 aromatic carbocycles. The fourth-order valence-electron chi connectivity index (χ4n) is 1.51. The van der Waals surface area contributed by atoms with Crippen LogP contribution in [-0.2, 0) is 0 Å². The van der Waals surface area contributed by atoms with Gasteiger partial charge in [-0.05, 0) is 42.0 Å². The molecule has 2 rings (SSSR count). The summed E-state index contributed by atoms with van der Waals surface area (Å²) in [6, 6.07) is 16.3. The molecule has 20 heavy (non-hydrogen) atoms. The summed E-state index contributed by atoms with van der Waals surface area (Å²) < 4.78 is 5.06. The van der Waals surface area contributed by atoms with E-state index >= 15 is 0 Å². The average Bonchev–Trinajstić information content (AvgIpc) is 2.49. The molecular formula is C15H16N2O3. The van der Waals surface area contributed by atoms with Crippen LogP contribution in [0.3, 0.4) is 0 Å². The number of hydrazone groups is 1. The van der Waals surface area contributed by atoms with Crippen molar-refractivity contribution < 1.29 is 15.0 Å². The Hall–Kier alpha value is -2.66. The Morgan fingerprint density at radius 3 is 2.35 bits per heavy atom. The fraction of sp³-hybridized carbons (Fsp3) is 0.0667. The molecule has 0 heterocycles. The van der Waals surface area contributed by atoms with Gasteiger partial charge in [0.1, 0.15) is 5.75 Å². The van der Waals surface area contributed by atoms with E-state index in [1.165, 1.54) is 0 Å². The van der Waals surface area contributed by atoms with Crippen LogP contribution in [0.25, 0.3) is 0 Å². The first-order chi connectivity index (χ1) is 9.29. The maximum Gasteiger partial charge on any atom is 0.271 e. The predicted molar refractivity (Wildman–Crippen MR) is 78.1 cm³/mol. The number of amides is 1. The third-order valence-electron chi connectivity index (χ3n) is 2.53. The van der Waals surface area contributed by atoms with Crippen molar-refractivity contribution in [2.45, 2.75) is 0 Å². The molecule has 1 amide bonds. The van der Waals surface area contributed by atoms with Crippen molar-refractivity contribution >= 4 is 12.1 Å². The summed E-state index contributed by atoms with van der Waals surface area (Å²) in [5, 5.41) is 3.91. The quantitative estimate of drug-likeness (QED) is 0.678. The summed E-state index contributed by atoms with van der Waals surface area (Å²) in [4.78, 5) is 11.7. The van der Waals surface area contributed by atoms with Crippen molar-refractivity contribution in [3.63, 3.8) is 0 Å². The molecule has 0 saturated carbocycles. The van der Waals surface area contributed by atoms with Crippen LogP contribution in [0.4, 0.5) is 0 Å². The van der Waals surface area contributed by atoms with E-state index < -0.39 is 0 Å². The van der Waals surface area contributed by atoms with Crippen LogP contribution >= 0.6 is 0 Å². The lowest BCUT2D eigenvalue weighted by atomic mass is 10.2. The Morgan fingerprint density at radius 1 is 1.10 bits per heavy atom. The van der Waals surface area contributed by atoms with Crippen molar-refractivity contribution in [1.29, 1.82) is 0 Å². The van der Waals surface area contributed by atoms with Gasteiger partial charge in [0.2, 0.25) is 0 Å². The van der Waals surface area contributed by atoms with E-state index in [2.05, 4.69) is 10.5 Å². The van der Waals surface area contributed by atoms with E-state index in [1.54, 1.807) is 25.5 Å². The van der Waals surface area contributed by atoms with Gasteiger partial charge in [-0.1, -0.05) is 18.2 Å². The first-order valence-corrected chi connectivity index (χ1v) is 5.82. The summed E-state index contributed by atoms with van der Waals surface area (Å²) in [7, 11) is 1.61. The number of nitrogens with one attached hydrogen (secondary N) is 1. The van der Waals surface area contributed by atoms with Crippen molar-refractivity contribution in [2.75, 3.05) is 7.11 Å². The maximum absolute atomic E-state index is 11.7. The van der Waals surface area contributed by atoms with E-state index in [0.29, 0.717) is 5.56 Å². The monoisotopic (exact) mass is 272 g/mol. The molecule has 0 aliphatic heterocycles. The number of hydrogen-bond donors (Lipinski definition) is 1. The number of carbonyl (C=O) groups excluding carboxylic acids is 1. The lowest BCUT2D eigenvalue weighted by molar-refractivity contribution is 0.0955. The van der Waals surface area contributed by atoms with E-state index in [9.17, 15) is 4.79 Å². The molecular weight excluding hydrogens is 256 g/mol. The Morgan fingerprint density at radius 2 is 1.75 bits per heavy atom. The second-order valence-electron chi connectivity index (χ2n) is 3.84. The molecule has 0 saturated heterocycles. The average molecular weight is 272 g/mol. The van der Waals surface area contributed by atoms with Gasteiger partial charge < -0.3 is 10.2 Å². The summed E-state index contributed by atoms with van der Waals surface area (Å²) >= 11 is 0. The molecule has 0 aliphatic rings. The normalized spacial score (nSPS) is 9.85. The SMILES string of the molecule is COc1ccc(/C=N/NC(=O)c2ccccc2)cc1.O. The summed E-state index contributed by atoms with van der Waals surface area (Å²) in [5.41, 5.74) is 3.94. The molecule has 3 N–H and O–H groups in total. The zero-order chi connectivity index (χ0) is 13.5. The van der Waals surface area contributed by atoms with Crippen molar-refractivity contribution in [2.24, 2.45) is 5.10 Å². The van der Waals surface area contributed by atoms with Crippen molar-refractivity contribution in [1.82, 2.24) is 5.43 Å². The Kier molecular flexibility index (Phi) is 5.93. The van der Waals surface area contributed by atoms with Gasteiger partial charge in [-0.25, -0.2) is 5.43 Å². The highest BCUT2D eigenvalue weighted by molar-refractivity contribution is 5.94. The summed E-state index contributed by atoms with van der Waals surface area (Å²) in [5.74, 6) is 0.552. The highest BCUT2D eigenvalue weighted by Gasteiger charge is 2.01. The lowest BCUT2D eigenvalue weighted by Gasteiger charge is -2.00. The van der Waals surface area contributed by atoms with Crippen LogP contribution in [0.1, 0.15) is 15.9 Å². The predicted octanol–water partition coefficient (Wildman–Crippen LogP) is 1.63. The van der Waals surface area contributed by atoms with E-state index in [0.717, 1.165) is 11.3 Å².